The average Bonchev–Trinajstić information content (AvgIpc) is 3.05. The summed E-state index contributed by atoms with van der Waals surface area (Å²) in [7, 11) is 0. The molecule has 1 aliphatic rings. The van der Waals surface area contributed by atoms with E-state index in [9.17, 15) is 14.7 Å². The summed E-state index contributed by atoms with van der Waals surface area (Å²) < 4.78 is 5.82. The zero-order valence-corrected chi connectivity index (χ0v) is 13.6. The first kappa shape index (κ1) is 16.3. The van der Waals surface area contributed by atoms with Crippen LogP contribution >= 0.6 is 0 Å². The second-order valence-corrected chi connectivity index (χ2v) is 6.32. The van der Waals surface area contributed by atoms with Crippen LogP contribution in [-0.4, -0.2) is 28.6 Å². The average molecular weight is 327 g/mol. The fourth-order valence-electron chi connectivity index (χ4n) is 3.25. The Kier molecular flexibility index (Phi) is 4.42. The highest BCUT2D eigenvalue weighted by molar-refractivity contribution is 5.91. The van der Waals surface area contributed by atoms with E-state index in [1.165, 1.54) is 0 Å². The minimum absolute atomic E-state index is 0.396. The summed E-state index contributed by atoms with van der Waals surface area (Å²) in [4.78, 5) is 24.0. The molecule has 2 aromatic carbocycles. The van der Waals surface area contributed by atoms with Crippen LogP contribution in [0.2, 0.25) is 0 Å². The van der Waals surface area contributed by atoms with Crippen molar-refractivity contribution in [3.63, 3.8) is 0 Å². The van der Waals surface area contributed by atoms with Gasteiger partial charge in [0.1, 0.15) is 11.3 Å². The van der Waals surface area contributed by atoms with Gasteiger partial charge in [-0.2, -0.15) is 0 Å². The molecule has 0 aliphatic heterocycles. The van der Waals surface area contributed by atoms with E-state index in [1.54, 1.807) is 6.92 Å². The molecule has 1 amide bonds. The van der Waals surface area contributed by atoms with Gasteiger partial charge in [0.2, 0.25) is 0 Å². The summed E-state index contributed by atoms with van der Waals surface area (Å²) in [5, 5.41) is 14.1. The number of carboxylic acid groups (broad SMARTS) is 1. The first-order valence-electron chi connectivity index (χ1n) is 8.22. The number of carbonyl (C=O) groups excluding carboxylic acids is 1. The molecule has 0 saturated heterocycles. The number of aliphatic carboxylic acids is 1. The van der Waals surface area contributed by atoms with Crippen LogP contribution in [0.3, 0.4) is 0 Å². The van der Waals surface area contributed by atoms with Crippen molar-refractivity contribution >= 4 is 22.6 Å². The fraction of sp³-hybridized carbons (Fsp3) is 0.368. The fourth-order valence-corrected chi connectivity index (χ4v) is 3.25. The number of benzene rings is 2. The number of amides is 1. The first-order valence-corrected chi connectivity index (χ1v) is 8.22. The Balaban J connectivity index is 1.75. The molecule has 2 N–H and O–H groups in total. The molecule has 1 saturated carbocycles. The van der Waals surface area contributed by atoms with E-state index in [4.69, 9.17) is 4.74 Å². The molecule has 5 nitrogen and oxygen atoms in total. The van der Waals surface area contributed by atoms with Crippen molar-refractivity contribution in [3.8, 4) is 5.75 Å². The Labute approximate surface area is 140 Å². The lowest BCUT2D eigenvalue weighted by Crippen LogP contribution is -2.55. The minimum Gasteiger partial charge on any atom is -0.480 e. The Morgan fingerprint density at radius 1 is 1.12 bits per heavy atom. The highest BCUT2D eigenvalue weighted by Crippen LogP contribution is 2.30. The third-order valence-corrected chi connectivity index (χ3v) is 4.65. The molecule has 126 valence electrons. The third-order valence-electron chi connectivity index (χ3n) is 4.65. The molecule has 2 aromatic rings. The number of rotatable bonds is 5. The maximum atomic E-state index is 12.4. The lowest BCUT2D eigenvalue weighted by molar-refractivity contribution is -0.148. The van der Waals surface area contributed by atoms with E-state index >= 15 is 0 Å². The second kappa shape index (κ2) is 6.51. The van der Waals surface area contributed by atoms with E-state index in [1.807, 2.05) is 42.5 Å². The zero-order valence-electron chi connectivity index (χ0n) is 13.6. The van der Waals surface area contributed by atoms with Crippen LogP contribution in [0.5, 0.6) is 5.75 Å². The van der Waals surface area contributed by atoms with Gasteiger partial charge in [-0.25, -0.2) is 4.79 Å². The number of carbonyl (C=O) groups is 2. The number of hydrogen-bond donors (Lipinski definition) is 2. The number of ether oxygens (including phenoxy) is 1. The summed E-state index contributed by atoms with van der Waals surface area (Å²) in [5.74, 6) is -0.746. The molecular weight excluding hydrogens is 306 g/mol. The van der Waals surface area contributed by atoms with Gasteiger partial charge in [0, 0.05) is 5.39 Å². The molecule has 0 spiro atoms. The van der Waals surface area contributed by atoms with Crippen molar-refractivity contribution in [2.24, 2.45) is 0 Å². The molecule has 0 heterocycles. The maximum absolute atomic E-state index is 12.4. The highest BCUT2D eigenvalue weighted by Gasteiger charge is 2.43. The molecule has 1 unspecified atom stereocenters. The molecule has 0 aromatic heterocycles. The van der Waals surface area contributed by atoms with Crippen LogP contribution in [0, 0.1) is 0 Å². The Bertz CT molecular complexity index is 760. The minimum atomic E-state index is -1.15. The number of fused-ring (bicyclic) bond motifs is 1. The van der Waals surface area contributed by atoms with E-state index in [-0.39, 0.29) is 0 Å². The van der Waals surface area contributed by atoms with Gasteiger partial charge in [0.15, 0.2) is 6.10 Å². The van der Waals surface area contributed by atoms with Crippen LogP contribution in [-0.2, 0) is 9.59 Å². The Morgan fingerprint density at radius 3 is 2.50 bits per heavy atom. The lowest BCUT2D eigenvalue weighted by atomic mass is 9.97. The Morgan fingerprint density at radius 2 is 1.79 bits per heavy atom. The number of nitrogens with one attached hydrogen (secondary N) is 1. The van der Waals surface area contributed by atoms with E-state index in [0.717, 1.165) is 23.6 Å². The zero-order chi connectivity index (χ0) is 17.2. The van der Waals surface area contributed by atoms with E-state index in [0.29, 0.717) is 18.6 Å². The normalized spacial score (nSPS) is 17.4. The lowest BCUT2D eigenvalue weighted by Gasteiger charge is -2.27. The summed E-state index contributed by atoms with van der Waals surface area (Å²) in [6, 6.07) is 13.4. The van der Waals surface area contributed by atoms with Crippen LogP contribution in [0.4, 0.5) is 0 Å². The van der Waals surface area contributed by atoms with Crippen molar-refractivity contribution in [3.05, 3.63) is 42.5 Å². The van der Waals surface area contributed by atoms with Gasteiger partial charge < -0.3 is 15.2 Å². The van der Waals surface area contributed by atoms with Crippen LogP contribution < -0.4 is 10.1 Å². The maximum Gasteiger partial charge on any atom is 0.329 e. The molecule has 0 radical (unpaired) electrons. The molecule has 24 heavy (non-hydrogen) atoms. The Hall–Kier alpha value is -2.56. The predicted octanol–water partition coefficient (Wildman–Crippen LogP) is 3.12. The van der Waals surface area contributed by atoms with Crippen LogP contribution in [0.25, 0.3) is 10.8 Å². The summed E-state index contributed by atoms with van der Waals surface area (Å²) in [5.41, 5.74) is -1.15. The van der Waals surface area contributed by atoms with Crippen molar-refractivity contribution in [1.82, 2.24) is 5.32 Å². The monoisotopic (exact) mass is 327 g/mol. The second-order valence-electron chi connectivity index (χ2n) is 6.32. The van der Waals surface area contributed by atoms with E-state index < -0.39 is 23.5 Å². The number of hydrogen-bond acceptors (Lipinski definition) is 3. The number of carboxylic acids is 1. The van der Waals surface area contributed by atoms with Crippen LogP contribution in [0.15, 0.2) is 42.5 Å². The SMILES string of the molecule is CC(Oc1cccc2ccccc12)C(=O)NC1(C(=O)O)CCCC1. The summed E-state index contributed by atoms with van der Waals surface area (Å²) >= 11 is 0. The third kappa shape index (κ3) is 3.07. The molecular formula is C19H21NO4. The first-order chi connectivity index (χ1) is 11.5. The van der Waals surface area contributed by atoms with Crippen LogP contribution in [0.1, 0.15) is 32.6 Å². The predicted molar refractivity (Wildman–Crippen MR) is 91.0 cm³/mol. The molecule has 1 aliphatic carbocycles. The topological polar surface area (TPSA) is 75.6 Å². The summed E-state index contributed by atoms with van der Waals surface area (Å²) in [6.07, 6.45) is 1.79. The molecule has 1 atom stereocenters. The van der Waals surface area contributed by atoms with Gasteiger partial charge >= 0.3 is 5.97 Å². The summed E-state index contributed by atoms with van der Waals surface area (Å²) in [6.45, 7) is 1.64. The van der Waals surface area contributed by atoms with Gasteiger partial charge in [-0.1, -0.05) is 49.2 Å². The quantitative estimate of drug-likeness (QED) is 0.885. The molecule has 3 rings (SSSR count). The van der Waals surface area contributed by atoms with Gasteiger partial charge in [-0.15, -0.1) is 0 Å². The molecule has 1 fully saturated rings. The van der Waals surface area contributed by atoms with Crippen molar-refractivity contribution in [2.75, 3.05) is 0 Å². The molecule has 0 bridgehead atoms. The molecule has 5 heteroatoms. The van der Waals surface area contributed by atoms with Gasteiger partial charge in [-0.05, 0) is 31.2 Å². The highest BCUT2D eigenvalue weighted by atomic mass is 16.5. The van der Waals surface area contributed by atoms with Crippen molar-refractivity contribution in [2.45, 2.75) is 44.2 Å². The largest absolute Gasteiger partial charge is 0.480 e. The van der Waals surface area contributed by atoms with Gasteiger partial charge in [0.25, 0.3) is 5.91 Å². The smallest absolute Gasteiger partial charge is 0.329 e. The van der Waals surface area contributed by atoms with E-state index in [2.05, 4.69) is 5.32 Å². The van der Waals surface area contributed by atoms with Crippen molar-refractivity contribution in [1.29, 1.82) is 0 Å². The van der Waals surface area contributed by atoms with Gasteiger partial charge in [0.05, 0.1) is 0 Å². The van der Waals surface area contributed by atoms with Gasteiger partial charge in [-0.3, -0.25) is 4.79 Å². The standard InChI is InChI=1S/C19H21NO4/c1-13(17(21)20-19(18(22)23)11-4-5-12-19)24-16-10-6-8-14-7-2-3-9-15(14)16/h2-3,6-10,13H,4-5,11-12H2,1H3,(H,20,21)(H,22,23). The van der Waals surface area contributed by atoms with Crippen molar-refractivity contribution < 1.29 is 19.4 Å².